The minimum absolute atomic E-state index is 0.306. The molecule has 0 aromatic rings. The van der Waals surface area contributed by atoms with Gasteiger partial charge < -0.3 is 0 Å². The summed E-state index contributed by atoms with van der Waals surface area (Å²) in [5, 5.41) is 0. The molecule has 3 heteroatoms. The molecule has 2 saturated carbocycles. The van der Waals surface area contributed by atoms with Gasteiger partial charge in [0.05, 0.1) is 0 Å². The fraction of sp³-hybridized carbons (Fsp3) is 0.857. The fourth-order valence-electron chi connectivity index (χ4n) is 2.02. The summed E-state index contributed by atoms with van der Waals surface area (Å²) < 4.78 is 25.4. The van der Waals surface area contributed by atoms with Gasteiger partial charge in [0.1, 0.15) is 0 Å². The number of carbonyl (C=O) groups is 1. The van der Waals surface area contributed by atoms with Crippen molar-refractivity contribution in [2.45, 2.75) is 25.2 Å². The lowest BCUT2D eigenvalue weighted by Gasteiger charge is -2.18. The summed E-state index contributed by atoms with van der Waals surface area (Å²) in [6.07, 6.45) is 1.67. The highest BCUT2D eigenvalue weighted by molar-refractivity contribution is 5.91. The molecule has 0 saturated heterocycles. The smallest absolute Gasteiger partial charge is 0.293 e. The van der Waals surface area contributed by atoms with Crippen LogP contribution in [0.25, 0.3) is 0 Å². The molecule has 0 amide bonds. The topological polar surface area (TPSA) is 17.1 Å². The molecular weight excluding hydrogens is 138 g/mol. The molecule has 2 bridgehead atoms. The second-order valence-corrected chi connectivity index (χ2v) is 3.19. The van der Waals surface area contributed by atoms with Gasteiger partial charge in [-0.1, -0.05) is 0 Å². The van der Waals surface area contributed by atoms with E-state index < -0.39 is 17.6 Å². The van der Waals surface area contributed by atoms with Gasteiger partial charge in [-0.25, -0.2) is 0 Å². The Labute approximate surface area is 57.4 Å². The van der Waals surface area contributed by atoms with Crippen LogP contribution in [0.1, 0.15) is 19.3 Å². The van der Waals surface area contributed by atoms with Gasteiger partial charge in [0, 0.05) is 11.8 Å². The fourth-order valence-corrected chi connectivity index (χ4v) is 2.02. The van der Waals surface area contributed by atoms with Crippen molar-refractivity contribution in [2.24, 2.45) is 11.8 Å². The number of hydrogen-bond donors (Lipinski definition) is 0. The molecule has 2 aliphatic rings. The second-order valence-electron chi connectivity index (χ2n) is 3.19. The molecule has 2 atom stereocenters. The Morgan fingerprint density at radius 3 is 2.40 bits per heavy atom. The summed E-state index contributed by atoms with van der Waals surface area (Å²) >= 11 is 0. The molecule has 0 aromatic carbocycles. The lowest BCUT2D eigenvalue weighted by Crippen LogP contribution is -2.34. The number of Topliss-reactive ketones (excluding diaryl/α,β-unsaturated/α-hetero) is 1. The van der Waals surface area contributed by atoms with E-state index in [-0.39, 0.29) is 5.92 Å². The normalized spacial score (nSPS) is 42.8. The van der Waals surface area contributed by atoms with Crippen LogP contribution in [-0.4, -0.2) is 11.7 Å². The Balaban J connectivity index is 2.34. The van der Waals surface area contributed by atoms with Gasteiger partial charge >= 0.3 is 5.92 Å². The van der Waals surface area contributed by atoms with Crippen molar-refractivity contribution in [3.05, 3.63) is 0 Å². The highest BCUT2D eigenvalue weighted by atomic mass is 19.3. The second kappa shape index (κ2) is 1.57. The van der Waals surface area contributed by atoms with Crippen molar-refractivity contribution in [1.82, 2.24) is 0 Å². The maximum Gasteiger partial charge on any atom is 0.308 e. The zero-order chi connectivity index (χ0) is 7.35. The molecule has 0 aliphatic heterocycles. The molecule has 2 rings (SSSR count). The summed E-state index contributed by atoms with van der Waals surface area (Å²) in [4.78, 5) is 10.7. The van der Waals surface area contributed by atoms with E-state index in [1.807, 2.05) is 0 Å². The van der Waals surface area contributed by atoms with Gasteiger partial charge in [-0.2, -0.15) is 8.78 Å². The summed E-state index contributed by atoms with van der Waals surface area (Å²) in [7, 11) is 0. The SMILES string of the molecule is O=C1C2CCC(C2)C1(F)F. The van der Waals surface area contributed by atoms with E-state index in [1.54, 1.807) is 0 Å². The third kappa shape index (κ3) is 0.534. The third-order valence-corrected chi connectivity index (χ3v) is 2.64. The van der Waals surface area contributed by atoms with E-state index in [0.717, 1.165) is 0 Å². The predicted octanol–water partition coefficient (Wildman–Crippen LogP) is 1.62. The van der Waals surface area contributed by atoms with Crippen molar-refractivity contribution in [3.63, 3.8) is 0 Å². The zero-order valence-electron chi connectivity index (χ0n) is 5.44. The van der Waals surface area contributed by atoms with E-state index in [4.69, 9.17) is 0 Å². The highest BCUT2D eigenvalue weighted by Crippen LogP contribution is 2.50. The van der Waals surface area contributed by atoms with E-state index in [1.165, 1.54) is 0 Å². The molecule has 0 aromatic heterocycles. The first kappa shape index (κ1) is 6.25. The van der Waals surface area contributed by atoms with Crippen LogP contribution in [0.4, 0.5) is 8.78 Å². The highest BCUT2D eigenvalue weighted by Gasteiger charge is 2.59. The molecule has 0 spiro atoms. The molecule has 56 valence electrons. The van der Waals surface area contributed by atoms with Crippen LogP contribution >= 0.6 is 0 Å². The van der Waals surface area contributed by atoms with Gasteiger partial charge in [0.15, 0.2) is 0 Å². The molecule has 10 heavy (non-hydrogen) atoms. The van der Waals surface area contributed by atoms with Gasteiger partial charge in [-0.15, -0.1) is 0 Å². The van der Waals surface area contributed by atoms with Crippen LogP contribution in [0, 0.1) is 11.8 Å². The monoisotopic (exact) mass is 146 g/mol. The van der Waals surface area contributed by atoms with Gasteiger partial charge in [0.25, 0.3) is 0 Å². The average molecular weight is 146 g/mol. The number of hydrogen-bond acceptors (Lipinski definition) is 1. The van der Waals surface area contributed by atoms with Gasteiger partial charge in [0.2, 0.25) is 5.78 Å². The van der Waals surface area contributed by atoms with Crippen LogP contribution in [-0.2, 0) is 4.79 Å². The molecular formula is C7H8F2O. The van der Waals surface area contributed by atoms with Crippen molar-refractivity contribution in [2.75, 3.05) is 0 Å². The Hall–Kier alpha value is -0.470. The maximum atomic E-state index is 12.7. The first-order chi connectivity index (χ1) is 4.62. The first-order valence-electron chi connectivity index (χ1n) is 3.54. The molecule has 2 fully saturated rings. The van der Waals surface area contributed by atoms with Gasteiger partial charge in [-0.05, 0) is 19.3 Å². The summed E-state index contributed by atoms with van der Waals surface area (Å²) in [5.41, 5.74) is 0. The van der Waals surface area contributed by atoms with E-state index in [2.05, 4.69) is 0 Å². The number of alkyl halides is 2. The van der Waals surface area contributed by atoms with E-state index >= 15 is 0 Å². The quantitative estimate of drug-likeness (QED) is 0.507. The summed E-state index contributed by atoms with van der Waals surface area (Å²) in [6.45, 7) is 0. The minimum Gasteiger partial charge on any atom is -0.293 e. The standard InChI is InChI=1S/C7H8F2O/c8-7(9)5-2-1-4(3-5)6(7)10/h4-5H,1-3H2. The number of rotatable bonds is 0. The molecule has 2 unspecified atom stereocenters. The number of ketones is 1. The predicted molar refractivity (Wildman–Crippen MR) is 30.8 cm³/mol. The molecule has 0 N–H and O–H groups in total. The third-order valence-electron chi connectivity index (χ3n) is 2.64. The van der Waals surface area contributed by atoms with E-state index in [0.29, 0.717) is 19.3 Å². The van der Waals surface area contributed by atoms with Crippen LogP contribution in [0.15, 0.2) is 0 Å². The Bertz CT molecular complexity index is 188. The minimum atomic E-state index is -2.97. The van der Waals surface area contributed by atoms with Crippen LogP contribution < -0.4 is 0 Å². The number of carbonyl (C=O) groups excluding carboxylic acids is 1. The lowest BCUT2D eigenvalue weighted by molar-refractivity contribution is -0.149. The maximum absolute atomic E-state index is 12.7. The van der Waals surface area contributed by atoms with Crippen molar-refractivity contribution in [3.8, 4) is 0 Å². The number of halogens is 2. The Morgan fingerprint density at radius 1 is 1.40 bits per heavy atom. The Kier molecular flexibility index (Phi) is 0.984. The Morgan fingerprint density at radius 2 is 2.10 bits per heavy atom. The van der Waals surface area contributed by atoms with Crippen LogP contribution in [0.2, 0.25) is 0 Å². The molecule has 1 nitrogen and oxygen atoms in total. The van der Waals surface area contributed by atoms with Crippen molar-refractivity contribution >= 4 is 5.78 Å². The first-order valence-corrected chi connectivity index (χ1v) is 3.54. The van der Waals surface area contributed by atoms with Gasteiger partial charge in [-0.3, -0.25) is 4.79 Å². The van der Waals surface area contributed by atoms with Crippen LogP contribution in [0.3, 0.4) is 0 Å². The van der Waals surface area contributed by atoms with Crippen LogP contribution in [0.5, 0.6) is 0 Å². The van der Waals surface area contributed by atoms with E-state index in [9.17, 15) is 13.6 Å². The summed E-state index contributed by atoms with van der Waals surface area (Å²) in [5.74, 6) is -4.70. The van der Waals surface area contributed by atoms with Crippen molar-refractivity contribution < 1.29 is 13.6 Å². The van der Waals surface area contributed by atoms with Crippen molar-refractivity contribution in [1.29, 1.82) is 0 Å². The molecule has 0 radical (unpaired) electrons. The lowest BCUT2D eigenvalue weighted by atomic mass is 9.96. The zero-order valence-corrected chi connectivity index (χ0v) is 5.44. The largest absolute Gasteiger partial charge is 0.308 e. The average Bonchev–Trinajstić information content (AvgIpc) is 2.37. The number of fused-ring (bicyclic) bond motifs is 2. The summed E-state index contributed by atoms with van der Waals surface area (Å²) in [6, 6.07) is 0. The molecule has 2 aliphatic carbocycles. The molecule has 0 heterocycles.